The minimum atomic E-state index is -0.247. The molecular weight excluding hydrogens is 215 g/mol. The van der Waals surface area contributed by atoms with E-state index >= 15 is 0 Å². The minimum Gasteiger partial charge on any atom is -0.370 e. The molecule has 0 aliphatic carbocycles. The lowest BCUT2D eigenvalue weighted by Gasteiger charge is -2.30. The summed E-state index contributed by atoms with van der Waals surface area (Å²) in [6, 6.07) is 8.41. The van der Waals surface area contributed by atoms with Crippen LogP contribution in [0.15, 0.2) is 30.3 Å². The number of allylic oxidation sites excluding steroid dienone is 1. The smallest absolute Gasteiger partial charge is 0.123 e. The zero-order valence-electron chi connectivity index (χ0n) is 9.69. The molecule has 1 fully saturated rings. The maximum atomic E-state index is 12.9. The van der Waals surface area contributed by atoms with E-state index in [-0.39, 0.29) is 5.82 Å². The van der Waals surface area contributed by atoms with Gasteiger partial charge in [0.05, 0.1) is 11.8 Å². The zero-order chi connectivity index (χ0) is 12.1. The second-order valence-corrected chi connectivity index (χ2v) is 4.21. The minimum absolute atomic E-state index is 0.247. The summed E-state index contributed by atoms with van der Waals surface area (Å²) in [6.07, 6.45) is 5.12. The normalized spacial score (nSPS) is 16.7. The van der Waals surface area contributed by atoms with E-state index in [1.165, 1.54) is 18.6 Å². The zero-order valence-corrected chi connectivity index (χ0v) is 9.69. The van der Waals surface area contributed by atoms with Crippen LogP contribution < -0.4 is 0 Å². The van der Waals surface area contributed by atoms with Gasteiger partial charge in [0.1, 0.15) is 5.82 Å². The fraction of sp³-hybridized carbons (Fsp3) is 0.357. The van der Waals surface area contributed by atoms with Crippen LogP contribution in [-0.4, -0.2) is 18.0 Å². The van der Waals surface area contributed by atoms with Gasteiger partial charge in [0.25, 0.3) is 0 Å². The van der Waals surface area contributed by atoms with Gasteiger partial charge in [-0.15, -0.1) is 0 Å². The molecule has 88 valence electrons. The van der Waals surface area contributed by atoms with Gasteiger partial charge in [-0.2, -0.15) is 5.26 Å². The van der Waals surface area contributed by atoms with E-state index < -0.39 is 0 Å². The quantitative estimate of drug-likeness (QED) is 0.730. The molecule has 1 aromatic carbocycles. The lowest BCUT2D eigenvalue weighted by atomic mass is 10.1. The van der Waals surface area contributed by atoms with E-state index in [9.17, 15) is 4.39 Å². The van der Waals surface area contributed by atoms with Gasteiger partial charge in [0.15, 0.2) is 0 Å². The SMILES string of the molecule is N#CC=C(c1ccc(F)cc1)N1CCCCC1. The Morgan fingerprint density at radius 3 is 2.41 bits per heavy atom. The van der Waals surface area contributed by atoms with Crippen LogP contribution >= 0.6 is 0 Å². The van der Waals surface area contributed by atoms with Crippen molar-refractivity contribution in [2.45, 2.75) is 19.3 Å². The van der Waals surface area contributed by atoms with Gasteiger partial charge in [0.2, 0.25) is 0 Å². The number of likely N-dealkylation sites (tertiary alicyclic amines) is 1. The number of hydrogen-bond donors (Lipinski definition) is 0. The Bertz CT molecular complexity index is 436. The summed E-state index contributed by atoms with van der Waals surface area (Å²) in [7, 11) is 0. The highest BCUT2D eigenvalue weighted by Gasteiger charge is 2.14. The average Bonchev–Trinajstić information content (AvgIpc) is 2.38. The lowest BCUT2D eigenvalue weighted by molar-refractivity contribution is 0.326. The molecule has 2 nitrogen and oxygen atoms in total. The van der Waals surface area contributed by atoms with Gasteiger partial charge >= 0.3 is 0 Å². The van der Waals surface area contributed by atoms with Crippen molar-refractivity contribution in [1.29, 1.82) is 5.26 Å². The molecule has 0 aromatic heterocycles. The summed E-state index contributed by atoms with van der Waals surface area (Å²) in [4.78, 5) is 2.21. The summed E-state index contributed by atoms with van der Waals surface area (Å²) in [5.41, 5.74) is 1.82. The molecular formula is C14H15FN2. The molecule has 0 unspecified atom stereocenters. The third kappa shape index (κ3) is 2.85. The van der Waals surface area contributed by atoms with Crippen LogP contribution in [0.1, 0.15) is 24.8 Å². The number of rotatable bonds is 2. The molecule has 0 N–H and O–H groups in total. The third-order valence-corrected chi connectivity index (χ3v) is 3.04. The average molecular weight is 230 g/mol. The molecule has 0 atom stereocenters. The van der Waals surface area contributed by atoms with Crippen molar-refractivity contribution in [2.24, 2.45) is 0 Å². The second kappa shape index (κ2) is 5.49. The van der Waals surface area contributed by atoms with Crippen molar-refractivity contribution in [3.63, 3.8) is 0 Å². The summed E-state index contributed by atoms with van der Waals surface area (Å²) in [5, 5.41) is 8.86. The Balaban J connectivity index is 2.26. The monoisotopic (exact) mass is 230 g/mol. The van der Waals surface area contributed by atoms with E-state index in [0.29, 0.717) is 0 Å². The largest absolute Gasteiger partial charge is 0.370 e. The first-order valence-corrected chi connectivity index (χ1v) is 5.92. The van der Waals surface area contributed by atoms with Crippen LogP contribution in [0.4, 0.5) is 4.39 Å². The topological polar surface area (TPSA) is 27.0 Å². The number of halogens is 1. The predicted octanol–water partition coefficient (Wildman–Crippen LogP) is 3.18. The van der Waals surface area contributed by atoms with E-state index in [0.717, 1.165) is 37.2 Å². The van der Waals surface area contributed by atoms with Crippen molar-refractivity contribution in [3.05, 3.63) is 41.7 Å². The maximum absolute atomic E-state index is 12.9. The molecule has 0 spiro atoms. The molecule has 1 aliphatic heterocycles. The molecule has 1 aliphatic rings. The summed E-state index contributed by atoms with van der Waals surface area (Å²) in [5.74, 6) is -0.247. The van der Waals surface area contributed by atoms with Gasteiger partial charge in [-0.25, -0.2) is 4.39 Å². The predicted molar refractivity (Wildman–Crippen MR) is 65.4 cm³/mol. The van der Waals surface area contributed by atoms with E-state index in [1.54, 1.807) is 18.2 Å². The van der Waals surface area contributed by atoms with Crippen molar-refractivity contribution < 1.29 is 4.39 Å². The molecule has 2 rings (SSSR count). The molecule has 1 aromatic rings. The van der Waals surface area contributed by atoms with Crippen molar-refractivity contribution in [3.8, 4) is 6.07 Å². The summed E-state index contributed by atoms with van der Waals surface area (Å²) >= 11 is 0. The fourth-order valence-electron chi connectivity index (χ4n) is 2.17. The van der Waals surface area contributed by atoms with E-state index in [4.69, 9.17) is 5.26 Å². The Kier molecular flexibility index (Phi) is 3.77. The van der Waals surface area contributed by atoms with Crippen molar-refractivity contribution in [1.82, 2.24) is 4.90 Å². The third-order valence-electron chi connectivity index (χ3n) is 3.04. The molecule has 0 saturated carbocycles. The molecule has 0 amide bonds. The first-order chi connectivity index (χ1) is 8.31. The Labute approximate surface area is 101 Å². The maximum Gasteiger partial charge on any atom is 0.123 e. The van der Waals surface area contributed by atoms with E-state index in [1.807, 2.05) is 0 Å². The number of benzene rings is 1. The second-order valence-electron chi connectivity index (χ2n) is 4.21. The van der Waals surface area contributed by atoms with Crippen LogP contribution in [0, 0.1) is 17.1 Å². The van der Waals surface area contributed by atoms with E-state index in [2.05, 4.69) is 11.0 Å². The molecule has 17 heavy (non-hydrogen) atoms. The Morgan fingerprint density at radius 1 is 1.18 bits per heavy atom. The number of nitrogens with zero attached hydrogens (tertiary/aromatic N) is 2. The summed E-state index contributed by atoms with van der Waals surface area (Å²) in [6.45, 7) is 1.95. The van der Waals surface area contributed by atoms with Gasteiger partial charge in [0, 0.05) is 19.2 Å². The first-order valence-electron chi connectivity index (χ1n) is 5.92. The molecule has 1 saturated heterocycles. The Hall–Kier alpha value is -1.82. The molecule has 1 heterocycles. The number of piperidine rings is 1. The van der Waals surface area contributed by atoms with Crippen LogP contribution in [-0.2, 0) is 0 Å². The van der Waals surface area contributed by atoms with Gasteiger partial charge in [-0.1, -0.05) is 0 Å². The van der Waals surface area contributed by atoms with Gasteiger partial charge in [-0.3, -0.25) is 0 Å². The Morgan fingerprint density at radius 2 is 1.82 bits per heavy atom. The van der Waals surface area contributed by atoms with Crippen molar-refractivity contribution >= 4 is 5.70 Å². The van der Waals surface area contributed by atoms with Crippen molar-refractivity contribution in [2.75, 3.05) is 13.1 Å². The lowest BCUT2D eigenvalue weighted by Crippen LogP contribution is -2.28. The van der Waals surface area contributed by atoms with Crippen LogP contribution in [0.3, 0.4) is 0 Å². The highest BCUT2D eigenvalue weighted by atomic mass is 19.1. The highest BCUT2D eigenvalue weighted by Crippen LogP contribution is 2.23. The number of nitriles is 1. The standard InChI is InChI=1S/C14H15FN2/c15-13-6-4-12(5-7-13)14(8-9-16)17-10-2-1-3-11-17/h4-8H,1-3,10-11H2. The molecule has 0 radical (unpaired) electrons. The molecule has 3 heteroatoms. The highest BCUT2D eigenvalue weighted by molar-refractivity contribution is 5.66. The number of hydrogen-bond acceptors (Lipinski definition) is 2. The summed E-state index contributed by atoms with van der Waals surface area (Å²) < 4.78 is 12.9. The van der Waals surface area contributed by atoms with Crippen LogP contribution in [0.2, 0.25) is 0 Å². The van der Waals surface area contributed by atoms with Crippen LogP contribution in [0.5, 0.6) is 0 Å². The molecule has 0 bridgehead atoms. The van der Waals surface area contributed by atoms with Gasteiger partial charge < -0.3 is 4.90 Å². The van der Waals surface area contributed by atoms with Crippen LogP contribution in [0.25, 0.3) is 5.70 Å². The first kappa shape index (κ1) is 11.7. The fourth-order valence-corrected chi connectivity index (χ4v) is 2.17. The van der Waals surface area contributed by atoms with Gasteiger partial charge in [-0.05, 0) is 49.1 Å².